The third-order valence-electron chi connectivity index (χ3n) is 4.74. The lowest BCUT2D eigenvalue weighted by atomic mass is 10.1. The molecule has 0 heterocycles. The first-order chi connectivity index (χ1) is 14.0. The van der Waals surface area contributed by atoms with Crippen LogP contribution in [0.25, 0.3) is 0 Å². The van der Waals surface area contributed by atoms with Gasteiger partial charge in [-0.25, -0.2) is 4.99 Å². The van der Waals surface area contributed by atoms with E-state index < -0.39 is 0 Å². The van der Waals surface area contributed by atoms with Gasteiger partial charge >= 0.3 is 0 Å². The summed E-state index contributed by atoms with van der Waals surface area (Å²) in [5.41, 5.74) is 10.5. The van der Waals surface area contributed by atoms with Gasteiger partial charge in [0.1, 0.15) is 5.76 Å². The Balaban J connectivity index is 2.02. The molecule has 6 nitrogen and oxygen atoms in total. The fourth-order valence-corrected chi connectivity index (χ4v) is 2.97. The number of unbranched alkanes of at least 4 members (excludes halogenated alkanes) is 4. The van der Waals surface area contributed by atoms with Crippen LogP contribution in [0.15, 0.2) is 46.8 Å². The molecule has 0 aromatic heterocycles. The number of aliphatic imine (C=N–C) groups is 1. The van der Waals surface area contributed by atoms with Crippen molar-refractivity contribution in [3.8, 4) is 0 Å². The second-order valence-electron chi connectivity index (χ2n) is 7.29. The number of nitrogens with one attached hydrogen (secondary N) is 2. The van der Waals surface area contributed by atoms with Crippen LogP contribution in [0, 0.1) is 12.3 Å². The minimum Gasteiger partial charge on any atom is -0.491 e. The molecule has 1 aliphatic rings. The minimum absolute atomic E-state index is 0.277. The van der Waals surface area contributed by atoms with Crippen molar-refractivity contribution in [1.29, 1.82) is 5.41 Å². The molecule has 6 heteroatoms. The van der Waals surface area contributed by atoms with Crippen LogP contribution in [0.2, 0.25) is 0 Å². The second-order valence-corrected chi connectivity index (χ2v) is 7.29. The minimum atomic E-state index is 0.277. The Kier molecular flexibility index (Phi) is 9.44. The van der Waals surface area contributed by atoms with Gasteiger partial charge in [0.25, 0.3) is 0 Å². The Morgan fingerprint density at radius 1 is 1.14 bits per heavy atom. The van der Waals surface area contributed by atoms with Crippen LogP contribution >= 0.6 is 0 Å². The highest BCUT2D eigenvalue weighted by Gasteiger charge is 2.16. The highest BCUT2D eigenvalue weighted by molar-refractivity contribution is 6.22. The fraction of sp³-hybridized carbons (Fsp3) is 0.478. The van der Waals surface area contributed by atoms with Crippen LogP contribution in [0.5, 0.6) is 0 Å². The van der Waals surface area contributed by atoms with E-state index in [2.05, 4.69) is 18.3 Å². The molecule has 5 N–H and O–H groups in total. The Morgan fingerprint density at radius 2 is 1.93 bits per heavy atom. The molecular formula is C23H34N4O2. The molecule has 0 saturated heterocycles. The van der Waals surface area contributed by atoms with Gasteiger partial charge in [0.05, 0.1) is 29.4 Å². The molecule has 0 bridgehead atoms. The molecule has 1 aromatic rings. The van der Waals surface area contributed by atoms with E-state index in [1.165, 1.54) is 0 Å². The average Bonchev–Trinajstić information content (AvgIpc) is 2.69. The first-order valence-electron chi connectivity index (χ1n) is 10.5. The van der Waals surface area contributed by atoms with Crippen molar-refractivity contribution in [1.82, 2.24) is 0 Å². The van der Waals surface area contributed by atoms with Crippen LogP contribution < -0.4 is 11.1 Å². The van der Waals surface area contributed by atoms with Gasteiger partial charge in [-0.2, -0.15) is 0 Å². The maximum atomic E-state index is 8.81. The summed E-state index contributed by atoms with van der Waals surface area (Å²) in [6.45, 7) is 5.91. The molecule has 29 heavy (non-hydrogen) atoms. The topological polar surface area (TPSA) is 104 Å². The van der Waals surface area contributed by atoms with Crippen LogP contribution in [-0.4, -0.2) is 36.3 Å². The van der Waals surface area contributed by atoms with Crippen LogP contribution in [-0.2, 0) is 4.74 Å². The van der Waals surface area contributed by atoms with Gasteiger partial charge in [0, 0.05) is 24.9 Å². The Hall–Kier alpha value is -2.60. The molecule has 1 aliphatic carbocycles. The number of nitrogens with two attached hydrogens (primary N) is 1. The summed E-state index contributed by atoms with van der Waals surface area (Å²) in [6, 6.07) is 6.09. The maximum absolute atomic E-state index is 8.81. The zero-order valence-corrected chi connectivity index (χ0v) is 17.6. The summed E-state index contributed by atoms with van der Waals surface area (Å²) in [5.74, 6) is 0.517. The summed E-state index contributed by atoms with van der Waals surface area (Å²) in [4.78, 5) is 4.70. The number of aryl methyl sites for hydroxylation is 1. The molecule has 0 aliphatic heterocycles. The zero-order valence-electron chi connectivity index (χ0n) is 17.6. The van der Waals surface area contributed by atoms with Crippen molar-refractivity contribution in [3.63, 3.8) is 0 Å². The standard InChI is InChI=1S/C23H34N4O2/c1-3-4-13-29-23-16-22(19(24)15-20(23)25)27-21-10-9-18(14-17(21)2)26-11-7-5-6-8-12-28/h9-10,14-16,25-26,28H,3-8,11-13,24H2,1-2H3. The van der Waals surface area contributed by atoms with E-state index in [0.717, 1.165) is 62.0 Å². The number of aliphatic hydroxyl groups excluding tert-OH is 1. The molecule has 0 saturated carbocycles. The van der Waals surface area contributed by atoms with Crippen LogP contribution in [0.4, 0.5) is 11.4 Å². The summed E-state index contributed by atoms with van der Waals surface area (Å²) in [7, 11) is 0. The normalized spacial score (nSPS) is 15.3. The van der Waals surface area contributed by atoms with Gasteiger partial charge in [0.2, 0.25) is 0 Å². The monoisotopic (exact) mass is 398 g/mol. The van der Waals surface area contributed by atoms with Gasteiger partial charge in [-0.15, -0.1) is 0 Å². The van der Waals surface area contributed by atoms with Crippen molar-refractivity contribution in [3.05, 3.63) is 47.4 Å². The van der Waals surface area contributed by atoms with Gasteiger partial charge in [-0.1, -0.05) is 26.2 Å². The number of ether oxygens (including phenoxy) is 1. The van der Waals surface area contributed by atoms with Crippen molar-refractivity contribution in [2.45, 2.75) is 52.4 Å². The van der Waals surface area contributed by atoms with Crippen molar-refractivity contribution in [2.24, 2.45) is 10.7 Å². The average molecular weight is 399 g/mol. The smallest absolute Gasteiger partial charge is 0.146 e. The van der Waals surface area contributed by atoms with E-state index in [-0.39, 0.29) is 12.3 Å². The number of hydrogen-bond donors (Lipinski definition) is 4. The predicted molar refractivity (Wildman–Crippen MR) is 121 cm³/mol. The van der Waals surface area contributed by atoms with Crippen molar-refractivity contribution in [2.75, 3.05) is 25.1 Å². The molecule has 158 valence electrons. The van der Waals surface area contributed by atoms with Crippen LogP contribution in [0.3, 0.4) is 0 Å². The molecule has 0 unspecified atom stereocenters. The quantitative estimate of drug-likeness (QED) is 0.305. The first kappa shape index (κ1) is 22.7. The molecule has 0 atom stereocenters. The number of benzene rings is 1. The molecule has 0 spiro atoms. The van der Waals surface area contributed by atoms with Gasteiger partial charge < -0.3 is 20.9 Å². The SMILES string of the molecule is CCCCOC1=CC(=Nc2ccc(NCCCCCCO)cc2C)C(N)=CC1=N. The van der Waals surface area contributed by atoms with Crippen molar-refractivity contribution < 1.29 is 9.84 Å². The lowest BCUT2D eigenvalue weighted by Gasteiger charge is -2.16. The summed E-state index contributed by atoms with van der Waals surface area (Å²) in [6.07, 6.45) is 9.50. The number of allylic oxidation sites excluding steroid dienone is 2. The summed E-state index contributed by atoms with van der Waals surface area (Å²) < 4.78 is 5.71. The molecule has 2 rings (SSSR count). The van der Waals surface area contributed by atoms with E-state index in [9.17, 15) is 0 Å². The third kappa shape index (κ3) is 7.38. The molecule has 0 amide bonds. The van der Waals surface area contributed by atoms with Crippen LogP contribution in [0.1, 0.15) is 51.0 Å². The second kappa shape index (κ2) is 12.1. The number of hydrogen-bond acceptors (Lipinski definition) is 6. The summed E-state index contributed by atoms with van der Waals surface area (Å²) in [5, 5.41) is 20.3. The molecule has 0 radical (unpaired) electrons. The molecular weight excluding hydrogens is 364 g/mol. The Morgan fingerprint density at radius 3 is 2.66 bits per heavy atom. The first-order valence-corrected chi connectivity index (χ1v) is 10.5. The lowest BCUT2D eigenvalue weighted by molar-refractivity contribution is 0.226. The number of rotatable bonds is 12. The van der Waals surface area contributed by atoms with E-state index in [0.29, 0.717) is 23.8 Å². The van der Waals surface area contributed by atoms with E-state index in [1.807, 2.05) is 19.1 Å². The third-order valence-corrected chi connectivity index (χ3v) is 4.74. The van der Waals surface area contributed by atoms with E-state index in [1.54, 1.807) is 12.2 Å². The zero-order chi connectivity index (χ0) is 21.1. The number of aliphatic hydroxyl groups is 1. The molecule has 0 fully saturated rings. The van der Waals surface area contributed by atoms with E-state index in [4.69, 9.17) is 26.0 Å². The maximum Gasteiger partial charge on any atom is 0.146 e. The van der Waals surface area contributed by atoms with Gasteiger partial charge in [0.15, 0.2) is 0 Å². The number of nitrogens with zero attached hydrogens (tertiary/aromatic N) is 1. The largest absolute Gasteiger partial charge is 0.491 e. The highest BCUT2D eigenvalue weighted by atomic mass is 16.5. The Labute approximate surface area is 174 Å². The Bertz CT molecular complexity index is 781. The van der Waals surface area contributed by atoms with Gasteiger partial charge in [-0.05, 0) is 56.0 Å². The van der Waals surface area contributed by atoms with Gasteiger partial charge in [-0.3, -0.25) is 5.41 Å². The fourth-order valence-electron chi connectivity index (χ4n) is 2.97. The lowest BCUT2D eigenvalue weighted by Crippen LogP contribution is -2.20. The highest BCUT2D eigenvalue weighted by Crippen LogP contribution is 2.24. The predicted octanol–water partition coefficient (Wildman–Crippen LogP) is 4.61. The van der Waals surface area contributed by atoms with E-state index >= 15 is 0 Å². The number of anilines is 1. The summed E-state index contributed by atoms with van der Waals surface area (Å²) >= 11 is 0. The van der Waals surface area contributed by atoms with Crippen molar-refractivity contribution >= 4 is 22.8 Å². The molecule has 1 aromatic carbocycles.